The molecule has 1 aliphatic heterocycles. The predicted octanol–water partition coefficient (Wildman–Crippen LogP) is 0.890. The molecule has 0 saturated carbocycles. The zero-order valence-electron chi connectivity index (χ0n) is 10.5. The normalized spacial score (nSPS) is 20.2. The third kappa shape index (κ3) is 2.76. The molecule has 0 bridgehead atoms. The molecule has 1 saturated heterocycles. The molecule has 18 heavy (non-hydrogen) atoms. The summed E-state index contributed by atoms with van der Waals surface area (Å²) in [5.41, 5.74) is 1.07. The highest BCUT2D eigenvalue weighted by atomic mass is 16.5. The molecule has 2 heterocycles. The highest BCUT2D eigenvalue weighted by molar-refractivity contribution is 5.73. The van der Waals surface area contributed by atoms with Crippen LogP contribution in [0, 0.1) is 0 Å². The Morgan fingerprint density at radius 2 is 2.17 bits per heavy atom. The topological polar surface area (TPSA) is 75.6 Å². The van der Waals surface area contributed by atoms with Crippen molar-refractivity contribution >= 4 is 11.9 Å². The first-order valence-electron chi connectivity index (χ1n) is 5.99. The SMILES string of the molecule is CC(C)c1cnc(N2CCOC(C(=O)O)C2)nc1. The van der Waals surface area contributed by atoms with E-state index in [4.69, 9.17) is 9.84 Å². The van der Waals surface area contributed by atoms with Crippen LogP contribution in [0.4, 0.5) is 5.95 Å². The van der Waals surface area contributed by atoms with Gasteiger partial charge in [-0.25, -0.2) is 14.8 Å². The standard InChI is InChI=1S/C12H17N3O3/c1-8(2)9-5-13-12(14-6-9)15-3-4-18-10(7-15)11(16)17/h5-6,8,10H,3-4,7H2,1-2H3,(H,16,17). The zero-order chi connectivity index (χ0) is 13.1. The van der Waals surface area contributed by atoms with E-state index in [1.807, 2.05) is 4.90 Å². The maximum absolute atomic E-state index is 10.9. The van der Waals surface area contributed by atoms with Crippen molar-refractivity contribution in [1.29, 1.82) is 0 Å². The van der Waals surface area contributed by atoms with Gasteiger partial charge in [0.25, 0.3) is 0 Å². The van der Waals surface area contributed by atoms with Gasteiger partial charge in [-0.05, 0) is 11.5 Å². The lowest BCUT2D eigenvalue weighted by Gasteiger charge is -2.30. The average molecular weight is 251 g/mol. The minimum atomic E-state index is -0.946. The largest absolute Gasteiger partial charge is 0.479 e. The van der Waals surface area contributed by atoms with Gasteiger partial charge in [-0.1, -0.05) is 13.8 Å². The molecule has 0 aliphatic carbocycles. The highest BCUT2D eigenvalue weighted by Crippen LogP contribution is 2.16. The molecule has 0 aromatic carbocycles. The second-order valence-electron chi connectivity index (χ2n) is 4.61. The van der Waals surface area contributed by atoms with Crippen LogP contribution in [-0.4, -0.2) is 46.8 Å². The van der Waals surface area contributed by atoms with Crippen LogP contribution < -0.4 is 4.90 Å². The predicted molar refractivity (Wildman–Crippen MR) is 65.7 cm³/mol. The Balaban J connectivity index is 2.09. The van der Waals surface area contributed by atoms with E-state index in [9.17, 15) is 4.79 Å². The molecule has 2 rings (SSSR count). The summed E-state index contributed by atoms with van der Waals surface area (Å²) in [4.78, 5) is 21.3. The highest BCUT2D eigenvalue weighted by Gasteiger charge is 2.27. The molecule has 1 aromatic heterocycles. The van der Waals surface area contributed by atoms with E-state index in [1.165, 1.54) is 0 Å². The number of nitrogens with zero attached hydrogens (tertiary/aromatic N) is 3. The summed E-state index contributed by atoms with van der Waals surface area (Å²) in [6, 6.07) is 0. The minimum Gasteiger partial charge on any atom is -0.479 e. The van der Waals surface area contributed by atoms with Crippen molar-refractivity contribution in [3.8, 4) is 0 Å². The van der Waals surface area contributed by atoms with Gasteiger partial charge in [0.2, 0.25) is 5.95 Å². The molecule has 1 fully saturated rings. The molecular weight excluding hydrogens is 234 g/mol. The van der Waals surface area contributed by atoms with E-state index in [0.717, 1.165) is 5.56 Å². The summed E-state index contributed by atoms with van der Waals surface area (Å²) < 4.78 is 5.16. The molecule has 6 heteroatoms. The number of carboxylic acids is 1. The van der Waals surface area contributed by atoms with Crippen LogP contribution in [0.1, 0.15) is 25.3 Å². The van der Waals surface area contributed by atoms with Crippen LogP contribution in [0.25, 0.3) is 0 Å². The first kappa shape index (κ1) is 12.8. The van der Waals surface area contributed by atoms with Crippen LogP contribution >= 0.6 is 0 Å². The molecule has 1 aliphatic rings. The molecule has 1 unspecified atom stereocenters. The van der Waals surface area contributed by atoms with E-state index < -0.39 is 12.1 Å². The third-order valence-electron chi connectivity index (χ3n) is 2.95. The van der Waals surface area contributed by atoms with Crippen molar-refractivity contribution in [3.05, 3.63) is 18.0 Å². The van der Waals surface area contributed by atoms with Crippen LogP contribution in [-0.2, 0) is 9.53 Å². The van der Waals surface area contributed by atoms with Gasteiger partial charge in [0, 0.05) is 18.9 Å². The van der Waals surface area contributed by atoms with Gasteiger partial charge < -0.3 is 14.7 Å². The Hall–Kier alpha value is -1.69. The Kier molecular flexibility index (Phi) is 3.76. The zero-order valence-corrected chi connectivity index (χ0v) is 10.5. The fraction of sp³-hybridized carbons (Fsp3) is 0.583. The van der Waals surface area contributed by atoms with E-state index in [2.05, 4.69) is 23.8 Å². The fourth-order valence-corrected chi connectivity index (χ4v) is 1.77. The van der Waals surface area contributed by atoms with E-state index in [1.54, 1.807) is 12.4 Å². The molecule has 0 amide bonds. The van der Waals surface area contributed by atoms with E-state index in [0.29, 0.717) is 25.0 Å². The second kappa shape index (κ2) is 5.30. The fourth-order valence-electron chi connectivity index (χ4n) is 1.77. The molecule has 6 nitrogen and oxygen atoms in total. The molecule has 1 aromatic rings. The Labute approximate surface area is 106 Å². The number of aromatic nitrogens is 2. The first-order valence-corrected chi connectivity index (χ1v) is 5.99. The number of hydrogen-bond donors (Lipinski definition) is 1. The smallest absolute Gasteiger partial charge is 0.334 e. The van der Waals surface area contributed by atoms with Gasteiger partial charge in [-0.2, -0.15) is 0 Å². The number of carbonyl (C=O) groups is 1. The van der Waals surface area contributed by atoms with Crippen LogP contribution in [0.15, 0.2) is 12.4 Å². The third-order valence-corrected chi connectivity index (χ3v) is 2.95. The number of ether oxygens (including phenoxy) is 1. The monoisotopic (exact) mass is 251 g/mol. The molecule has 0 radical (unpaired) electrons. The van der Waals surface area contributed by atoms with Gasteiger partial charge in [0.05, 0.1) is 13.2 Å². The minimum absolute atomic E-state index is 0.288. The van der Waals surface area contributed by atoms with Crippen molar-refractivity contribution in [2.45, 2.75) is 25.9 Å². The van der Waals surface area contributed by atoms with Gasteiger partial charge in [-0.15, -0.1) is 0 Å². The molecule has 1 N–H and O–H groups in total. The van der Waals surface area contributed by atoms with E-state index in [-0.39, 0.29) is 6.54 Å². The summed E-state index contributed by atoms with van der Waals surface area (Å²) >= 11 is 0. The van der Waals surface area contributed by atoms with Gasteiger partial charge >= 0.3 is 5.97 Å². The quantitative estimate of drug-likeness (QED) is 0.859. The number of rotatable bonds is 3. The summed E-state index contributed by atoms with van der Waals surface area (Å²) in [7, 11) is 0. The molecule has 0 spiro atoms. The summed E-state index contributed by atoms with van der Waals surface area (Å²) in [6.45, 7) is 5.44. The van der Waals surface area contributed by atoms with Crippen LogP contribution in [0.3, 0.4) is 0 Å². The number of carboxylic acid groups (broad SMARTS) is 1. The Morgan fingerprint density at radius 3 is 2.72 bits per heavy atom. The van der Waals surface area contributed by atoms with Crippen LogP contribution in [0.2, 0.25) is 0 Å². The average Bonchev–Trinajstić information content (AvgIpc) is 2.39. The van der Waals surface area contributed by atoms with Gasteiger partial charge in [0.1, 0.15) is 0 Å². The van der Waals surface area contributed by atoms with Crippen molar-refractivity contribution in [1.82, 2.24) is 9.97 Å². The van der Waals surface area contributed by atoms with Gasteiger partial charge in [0.15, 0.2) is 6.10 Å². The summed E-state index contributed by atoms with van der Waals surface area (Å²) in [6.07, 6.45) is 2.78. The summed E-state index contributed by atoms with van der Waals surface area (Å²) in [5.74, 6) is 0.00274. The lowest BCUT2D eigenvalue weighted by atomic mass is 10.1. The summed E-state index contributed by atoms with van der Waals surface area (Å²) in [5, 5.41) is 8.93. The maximum atomic E-state index is 10.9. The first-order chi connectivity index (χ1) is 8.58. The van der Waals surface area contributed by atoms with Crippen molar-refractivity contribution in [2.24, 2.45) is 0 Å². The molecule has 1 atom stereocenters. The van der Waals surface area contributed by atoms with Gasteiger partial charge in [-0.3, -0.25) is 0 Å². The number of anilines is 1. The maximum Gasteiger partial charge on any atom is 0.334 e. The number of morpholine rings is 1. The Bertz CT molecular complexity index is 419. The van der Waals surface area contributed by atoms with Crippen molar-refractivity contribution < 1.29 is 14.6 Å². The van der Waals surface area contributed by atoms with Crippen molar-refractivity contribution in [3.63, 3.8) is 0 Å². The number of hydrogen-bond acceptors (Lipinski definition) is 5. The number of aliphatic carboxylic acids is 1. The Morgan fingerprint density at radius 1 is 1.50 bits per heavy atom. The molecular formula is C12H17N3O3. The lowest BCUT2D eigenvalue weighted by Crippen LogP contribution is -2.46. The van der Waals surface area contributed by atoms with Crippen LogP contribution in [0.5, 0.6) is 0 Å². The lowest BCUT2D eigenvalue weighted by molar-refractivity contribution is -0.150. The molecule has 98 valence electrons. The van der Waals surface area contributed by atoms with E-state index >= 15 is 0 Å². The second-order valence-corrected chi connectivity index (χ2v) is 4.61. The van der Waals surface area contributed by atoms with Crippen molar-refractivity contribution in [2.75, 3.05) is 24.6 Å².